The van der Waals surface area contributed by atoms with E-state index in [4.69, 9.17) is 10.2 Å². The normalized spacial score (nSPS) is 13.1. The van der Waals surface area contributed by atoms with Gasteiger partial charge in [0.15, 0.2) is 0 Å². The van der Waals surface area contributed by atoms with Crippen molar-refractivity contribution in [2.45, 2.75) is 44.6 Å². The van der Waals surface area contributed by atoms with E-state index >= 15 is 0 Å². The smallest absolute Gasteiger partial charge is 0.335 e. The number of aliphatic hydroxyl groups is 1. The van der Waals surface area contributed by atoms with Crippen LogP contribution in [0.3, 0.4) is 0 Å². The van der Waals surface area contributed by atoms with Gasteiger partial charge in [0.05, 0.1) is 10.5 Å². The molecule has 3 N–H and O–H groups in total. The summed E-state index contributed by atoms with van der Waals surface area (Å²) in [5, 5.41) is 18.0. The van der Waals surface area contributed by atoms with Crippen LogP contribution in [0.2, 0.25) is 0 Å². The maximum Gasteiger partial charge on any atom is 0.335 e. The number of aromatic carboxylic acids is 1. The second-order valence-corrected chi connectivity index (χ2v) is 6.66. The van der Waals surface area contributed by atoms with Gasteiger partial charge in [0.2, 0.25) is 10.0 Å². The van der Waals surface area contributed by atoms with Crippen molar-refractivity contribution in [1.29, 1.82) is 0 Å². The maximum absolute atomic E-state index is 12.4. The minimum absolute atomic E-state index is 0.0313. The van der Waals surface area contributed by atoms with Crippen molar-refractivity contribution in [3.8, 4) is 0 Å². The third kappa shape index (κ3) is 4.26. The van der Waals surface area contributed by atoms with Gasteiger partial charge in [0, 0.05) is 12.6 Å². The van der Waals surface area contributed by atoms with Crippen molar-refractivity contribution in [3.63, 3.8) is 0 Å². The van der Waals surface area contributed by atoms with Gasteiger partial charge in [-0.1, -0.05) is 13.0 Å². The van der Waals surface area contributed by atoms with Crippen LogP contribution in [0.5, 0.6) is 0 Å². The van der Waals surface area contributed by atoms with E-state index in [1.54, 1.807) is 19.9 Å². The standard InChI is InChI=1S/C14H21NO5S/c1-4-11(5-6-16)15-21(19,20)13-8-12(14(17)18)9(2)7-10(13)3/h7-8,11,15-16H,4-6H2,1-3H3,(H,17,18). The van der Waals surface area contributed by atoms with Crippen molar-refractivity contribution in [3.05, 3.63) is 28.8 Å². The molecule has 0 aliphatic rings. The molecule has 0 fully saturated rings. The number of carbonyl (C=O) groups is 1. The summed E-state index contributed by atoms with van der Waals surface area (Å²) < 4.78 is 27.3. The van der Waals surface area contributed by atoms with Crippen molar-refractivity contribution in [2.75, 3.05) is 6.61 Å². The number of hydrogen-bond donors (Lipinski definition) is 3. The zero-order chi connectivity index (χ0) is 16.2. The summed E-state index contributed by atoms with van der Waals surface area (Å²) in [5.74, 6) is -1.16. The third-order valence-electron chi connectivity index (χ3n) is 3.33. The number of sulfonamides is 1. The van der Waals surface area contributed by atoms with E-state index in [1.807, 2.05) is 6.92 Å². The highest BCUT2D eigenvalue weighted by Crippen LogP contribution is 2.21. The Morgan fingerprint density at radius 2 is 1.90 bits per heavy atom. The summed E-state index contributed by atoms with van der Waals surface area (Å²) in [7, 11) is -3.82. The lowest BCUT2D eigenvalue weighted by atomic mass is 10.1. The second kappa shape index (κ2) is 7.02. The van der Waals surface area contributed by atoms with Gasteiger partial charge >= 0.3 is 5.97 Å². The van der Waals surface area contributed by atoms with Crippen LogP contribution in [0.1, 0.15) is 41.3 Å². The molecule has 21 heavy (non-hydrogen) atoms. The molecule has 0 spiro atoms. The van der Waals surface area contributed by atoms with Crippen LogP contribution in [-0.4, -0.2) is 37.2 Å². The monoisotopic (exact) mass is 315 g/mol. The summed E-state index contributed by atoms with van der Waals surface area (Å²) in [6, 6.07) is 2.35. The van der Waals surface area contributed by atoms with E-state index in [2.05, 4.69) is 4.72 Å². The summed E-state index contributed by atoms with van der Waals surface area (Å²) in [5.41, 5.74) is 0.974. The first kappa shape index (κ1) is 17.6. The average molecular weight is 315 g/mol. The number of carboxylic acid groups (broad SMARTS) is 1. The third-order valence-corrected chi connectivity index (χ3v) is 5.00. The Hall–Kier alpha value is -1.44. The highest BCUT2D eigenvalue weighted by molar-refractivity contribution is 7.89. The molecule has 1 aromatic carbocycles. The van der Waals surface area contributed by atoms with Crippen LogP contribution in [0.4, 0.5) is 0 Å². The van der Waals surface area contributed by atoms with Crippen molar-refractivity contribution < 1.29 is 23.4 Å². The molecule has 1 aromatic rings. The van der Waals surface area contributed by atoms with Gasteiger partial charge in [-0.05, 0) is 43.9 Å². The number of rotatable bonds is 7. The van der Waals surface area contributed by atoms with Gasteiger partial charge in [-0.25, -0.2) is 17.9 Å². The second-order valence-electron chi connectivity index (χ2n) is 4.98. The largest absolute Gasteiger partial charge is 0.478 e. The molecule has 1 unspecified atom stereocenters. The minimum Gasteiger partial charge on any atom is -0.478 e. The fourth-order valence-electron chi connectivity index (χ4n) is 2.14. The molecule has 0 radical (unpaired) electrons. The molecular weight excluding hydrogens is 294 g/mol. The Labute approximate surface area is 124 Å². The van der Waals surface area contributed by atoms with Crippen molar-refractivity contribution >= 4 is 16.0 Å². The molecule has 0 heterocycles. The first-order valence-electron chi connectivity index (χ1n) is 6.70. The number of aryl methyl sites for hydroxylation is 2. The van der Waals surface area contributed by atoms with Crippen molar-refractivity contribution in [2.24, 2.45) is 0 Å². The lowest BCUT2D eigenvalue weighted by molar-refractivity contribution is 0.0696. The molecular formula is C14H21NO5S. The minimum atomic E-state index is -3.82. The molecule has 0 aliphatic carbocycles. The number of nitrogens with one attached hydrogen (secondary N) is 1. The first-order valence-corrected chi connectivity index (χ1v) is 8.19. The number of benzene rings is 1. The maximum atomic E-state index is 12.4. The van der Waals surface area contributed by atoms with Gasteiger partial charge in [0.1, 0.15) is 0 Å². The number of carboxylic acids is 1. The predicted octanol–water partition coefficient (Wildman–Crippen LogP) is 1.44. The zero-order valence-corrected chi connectivity index (χ0v) is 13.2. The van der Waals surface area contributed by atoms with Crippen LogP contribution < -0.4 is 4.72 Å². The van der Waals surface area contributed by atoms with E-state index in [1.165, 1.54) is 6.07 Å². The Bertz CT molecular complexity index is 624. The van der Waals surface area contributed by atoms with Gasteiger partial charge in [-0.3, -0.25) is 0 Å². The lowest BCUT2D eigenvalue weighted by Gasteiger charge is -2.17. The lowest BCUT2D eigenvalue weighted by Crippen LogP contribution is -2.35. The molecule has 1 atom stereocenters. The first-order chi connectivity index (χ1) is 9.72. The van der Waals surface area contributed by atoms with Crippen LogP contribution in [0.25, 0.3) is 0 Å². The predicted molar refractivity (Wildman–Crippen MR) is 79.0 cm³/mol. The average Bonchev–Trinajstić information content (AvgIpc) is 2.37. The summed E-state index contributed by atoms with van der Waals surface area (Å²) >= 11 is 0. The Kier molecular flexibility index (Phi) is 5.88. The van der Waals surface area contributed by atoms with Gasteiger partial charge in [-0.15, -0.1) is 0 Å². The number of hydrogen-bond acceptors (Lipinski definition) is 4. The van der Waals surface area contributed by atoms with Crippen LogP contribution in [0, 0.1) is 13.8 Å². The Balaban J connectivity index is 3.25. The Morgan fingerprint density at radius 1 is 1.29 bits per heavy atom. The number of aliphatic hydroxyl groups excluding tert-OH is 1. The quantitative estimate of drug-likeness (QED) is 0.706. The molecule has 0 amide bonds. The molecule has 0 aromatic heterocycles. The fourth-order valence-corrected chi connectivity index (χ4v) is 3.74. The fraction of sp³-hybridized carbons (Fsp3) is 0.500. The molecule has 6 nitrogen and oxygen atoms in total. The summed E-state index contributed by atoms with van der Waals surface area (Å²) in [6.45, 7) is 4.95. The van der Waals surface area contributed by atoms with Crippen molar-refractivity contribution in [1.82, 2.24) is 4.72 Å². The molecule has 118 valence electrons. The van der Waals surface area contributed by atoms with E-state index in [0.29, 0.717) is 24.0 Å². The summed E-state index contributed by atoms with van der Waals surface area (Å²) in [6.07, 6.45) is 0.850. The molecule has 0 bridgehead atoms. The SMILES string of the molecule is CCC(CCO)NS(=O)(=O)c1cc(C(=O)O)c(C)cc1C. The van der Waals surface area contributed by atoms with E-state index in [-0.39, 0.29) is 23.1 Å². The highest BCUT2D eigenvalue weighted by atomic mass is 32.2. The van der Waals surface area contributed by atoms with E-state index < -0.39 is 16.0 Å². The molecule has 0 aliphatic heterocycles. The van der Waals surface area contributed by atoms with Crippen LogP contribution >= 0.6 is 0 Å². The van der Waals surface area contributed by atoms with Gasteiger partial charge in [0.25, 0.3) is 0 Å². The Morgan fingerprint density at radius 3 is 2.38 bits per heavy atom. The molecule has 0 saturated carbocycles. The molecule has 7 heteroatoms. The van der Waals surface area contributed by atoms with E-state index in [9.17, 15) is 13.2 Å². The van der Waals surface area contributed by atoms with Gasteiger partial charge < -0.3 is 10.2 Å². The molecule has 1 rings (SSSR count). The van der Waals surface area contributed by atoms with Crippen LogP contribution in [0.15, 0.2) is 17.0 Å². The topological polar surface area (TPSA) is 104 Å². The zero-order valence-electron chi connectivity index (χ0n) is 12.4. The van der Waals surface area contributed by atoms with Gasteiger partial charge in [-0.2, -0.15) is 0 Å². The summed E-state index contributed by atoms with van der Waals surface area (Å²) in [4.78, 5) is 11.1. The highest BCUT2D eigenvalue weighted by Gasteiger charge is 2.23. The molecule has 0 saturated heterocycles. The van der Waals surface area contributed by atoms with Crippen LogP contribution in [-0.2, 0) is 10.0 Å². The van der Waals surface area contributed by atoms with E-state index in [0.717, 1.165) is 0 Å².